The first-order valence-electron chi connectivity index (χ1n) is 5.88. The van der Waals surface area contributed by atoms with Crippen molar-refractivity contribution in [3.8, 4) is 0 Å². The summed E-state index contributed by atoms with van der Waals surface area (Å²) in [4.78, 5) is 4.57. The van der Waals surface area contributed by atoms with E-state index in [1.165, 1.54) is 23.6 Å². The second kappa shape index (κ2) is 4.80. The zero-order chi connectivity index (χ0) is 10.8. The molecule has 1 N–H and O–H groups in total. The molecule has 2 nitrogen and oxygen atoms in total. The molecule has 0 saturated heterocycles. The molecule has 16 heavy (non-hydrogen) atoms. The van der Waals surface area contributed by atoms with Gasteiger partial charge >= 0.3 is 0 Å². The molecule has 1 atom stereocenters. The Bertz CT molecular complexity index is 368. The second-order valence-electron chi connectivity index (χ2n) is 4.45. The highest BCUT2D eigenvalue weighted by atomic mass is 32.2. The summed E-state index contributed by atoms with van der Waals surface area (Å²) in [7, 11) is 0. The molecule has 1 aromatic heterocycles. The van der Waals surface area contributed by atoms with Crippen molar-refractivity contribution in [3.05, 3.63) is 22.4 Å². The van der Waals surface area contributed by atoms with Crippen molar-refractivity contribution in [3.63, 3.8) is 0 Å². The molecule has 2 aliphatic rings. The van der Waals surface area contributed by atoms with E-state index in [4.69, 9.17) is 0 Å². The van der Waals surface area contributed by atoms with Crippen LogP contribution in [0.5, 0.6) is 0 Å². The van der Waals surface area contributed by atoms with Crippen LogP contribution in [-0.2, 0) is 6.42 Å². The molecule has 0 aromatic carbocycles. The monoisotopic (exact) mass is 252 g/mol. The quantitative estimate of drug-likeness (QED) is 0.891. The standard InChI is InChI=1S/C12H16N2S2/c1-2-10(1)11-7-14-12(16-11)13-5-3-9-4-6-15-8-9/h4,6,8,10-11H,1-3,5,7H2,(H,13,14). The Morgan fingerprint density at radius 2 is 2.38 bits per heavy atom. The molecule has 3 rings (SSSR count). The van der Waals surface area contributed by atoms with Crippen LogP contribution in [0.25, 0.3) is 0 Å². The lowest BCUT2D eigenvalue weighted by molar-refractivity contribution is 0.771. The van der Waals surface area contributed by atoms with Gasteiger partial charge in [0.15, 0.2) is 5.17 Å². The van der Waals surface area contributed by atoms with Crippen molar-refractivity contribution < 1.29 is 0 Å². The van der Waals surface area contributed by atoms with Crippen LogP contribution in [0, 0.1) is 5.92 Å². The van der Waals surface area contributed by atoms with E-state index in [1.54, 1.807) is 11.3 Å². The predicted octanol–water partition coefficient (Wildman–Crippen LogP) is 2.76. The van der Waals surface area contributed by atoms with Gasteiger partial charge in [-0.3, -0.25) is 4.99 Å². The number of aliphatic imine (C=N–C) groups is 1. The highest BCUT2D eigenvalue weighted by Crippen LogP contribution is 2.41. The Balaban J connectivity index is 1.39. The fraction of sp³-hybridized carbons (Fsp3) is 0.583. The lowest BCUT2D eigenvalue weighted by Gasteiger charge is -2.07. The van der Waals surface area contributed by atoms with Crippen molar-refractivity contribution in [2.24, 2.45) is 10.9 Å². The predicted molar refractivity (Wildman–Crippen MR) is 72.4 cm³/mol. The third-order valence-electron chi connectivity index (χ3n) is 3.10. The average molecular weight is 252 g/mol. The fourth-order valence-corrected chi connectivity index (χ4v) is 3.89. The molecule has 0 radical (unpaired) electrons. The zero-order valence-electron chi connectivity index (χ0n) is 9.19. The molecule has 1 saturated carbocycles. The van der Waals surface area contributed by atoms with Crippen LogP contribution in [0.4, 0.5) is 0 Å². The number of amidine groups is 1. The van der Waals surface area contributed by atoms with E-state index in [2.05, 4.69) is 27.1 Å². The normalized spacial score (nSPS) is 24.5. The third kappa shape index (κ3) is 2.61. The maximum absolute atomic E-state index is 4.57. The average Bonchev–Trinajstić information content (AvgIpc) is 2.83. The molecule has 0 spiro atoms. The zero-order valence-corrected chi connectivity index (χ0v) is 10.8. The van der Waals surface area contributed by atoms with Gasteiger partial charge in [0.2, 0.25) is 0 Å². The van der Waals surface area contributed by atoms with E-state index < -0.39 is 0 Å². The Kier molecular flexibility index (Phi) is 3.20. The van der Waals surface area contributed by atoms with Gasteiger partial charge in [-0.05, 0) is 47.6 Å². The van der Waals surface area contributed by atoms with E-state index in [-0.39, 0.29) is 0 Å². The number of hydrogen-bond donors (Lipinski definition) is 1. The Hall–Kier alpha value is -0.480. The lowest BCUT2D eigenvalue weighted by Crippen LogP contribution is -2.22. The van der Waals surface area contributed by atoms with Crippen LogP contribution < -0.4 is 5.32 Å². The molecule has 86 valence electrons. The first kappa shape index (κ1) is 10.7. The topological polar surface area (TPSA) is 24.4 Å². The maximum Gasteiger partial charge on any atom is 0.156 e. The number of thioether (sulfide) groups is 1. The number of hydrogen-bond acceptors (Lipinski definition) is 4. The molecule has 0 amide bonds. The van der Waals surface area contributed by atoms with Gasteiger partial charge in [0.1, 0.15) is 0 Å². The van der Waals surface area contributed by atoms with Crippen molar-refractivity contribution in [1.29, 1.82) is 0 Å². The third-order valence-corrected chi connectivity index (χ3v) is 5.16. The fourth-order valence-electron chi connectivity index (χ4n) is 1.95. The molecular formula is C12H16N2S2. The molecule has 4 heteroatoms. The molecule has 1 aliphatic heterocycles. The van der Waals surface area contributed by atoms with E-state index in [9.17, 15) is 0 Å². The van der Waals surface area contributed by atoms with Gasteiger partial charge in [0.05, 0.1) is 6.54 Å². The number of rotatable bonds is 4. The van der Waals surface area contributed by atoms with Gasteiger partial charge in [0, 0.05) is 11.8 Å². The Morgan fingerprint density at radius 1 is 1.44 bits per heavy atom. The van der Waals surface area contributed by atoms with Crippen LogP contribution in [0.2, 0.25) is 0 Å². The van der Waals surface area contributed by atoms with Crippen molar-refractivity contribution in [2.45, 2.75) is 24.5 Å². The first-order valence-corrected chi connectivity index (χ1v) is 7.70. The summed E-state index contributed by atoms with van der Waals surface area (Å²) < 4.78 is 0. The summed E-state index contributed by atoms with van der Waals surface area (Å²) in [6.45, 7) is 2.05. The van der Waals surface area contributed by atoms with Crippen molar-refractivity contribution in [1.82, 2.24) is 5.32 Å². The molecule has 1 aliphatic carbocycles. The van der Waals surface area contributed by atoms with Crippen molar-refractivity contribution in [2.75, 3.05) is 13.1 Å². The van der Waals surface area contributed by atoms with Gasteiger partial charge in [-0.2, -0.15) is 11.3 Å². The summed E-state index contributed by atoms with van der Waals surface area (Å²) in [5, 5.41) is 9.76. The summed E-state index contributed by atoms with van der Waals surface area (Å²) in [6, 6.07) is 2.20. The first-order chi connectivity index (χ1) is 7.92. The van der Waals surface area contributed by atoms with Crippen LogP contribution in [0.1, 0.15) is 18.4 Å². The van der Waals surface area contributed by atoms with Gasteiger partial charge < -0.3 is 5.32 Å². The van der Waals surface area contributed by atoms with Gasteiger partial charge in [-0.1, -0.05) is 11.8 Å². The molecule has 1 unspecified atom stereocenters. The minimum absolute atomic E-state index is 0.781. The molecule has 0 bridgehead atoms. The Morgan fingerprint density at radius 3 is 3.12 bits per heavy atom. The summed E-state index contributed by atoms with van der Waals surface area (Å²) in [6.07, 6.45) is 3.96. The summed E-state index contributed by atoms with van der Waals surface area (Å²) >= 11 is 3.73. The largest absolute Gasteiger partial charge is 0.365 e. The van der Waals surface area contributed by atoms with Crippen LogP contribution in [0.15, 0.2) is 21.8 Å². The minimum atomic E-state index is 0.781. The van der Waals surface area contributed by atoms with E-state index in [1.807, 2.05) is 11.8 Å². The molecule has 1 aromatic rings. The summed E-state index contributed by atoms with van der Waals surface area (Å²) in [5.41, 5.74) is 1.43. The van der Waals surface area contributed by atoms with Gasteiger partial charge in [-0.15, -0.1) is 0 Å². The van der Waals surface area contributed by atoms with Crippen LogP contribution in [-0.4, -0.2) is 23.5 Å². The maximum atomic E-state index is 4.57. The Labute approximate surface area is 105 Å². The van der Waals surface area contributed by atoms with E-state index >= 15 is 0 Å². The minimum Gasteiger partial charge on any atom is -0.365 e. The lowest BCUT2D eigenvalue weighted by atomic mass is 10.2. The smallest absolute Gasteiger partial charge is 0.156 e. The van der Waals surface area contributed by atoms with Gasteiger partial charge in [0.25, 0.3) is 0 Å². The van der Waals surface area contributed by atoms with E-state index in [0.717, 1.165) is 30.7 Å². The van der Waals surface area contributed by atoms with E-state index in [0.29, 0.717) is 0 Å². The van der Waals surface area contributed by atoms with Crippen LogP contribution >= 0.6 is 23.1 Å². The second-order valence-corrected chi connectivity index (χ2v) is 6.46. The summed E-state index contributed by atoms with van der Waals surface area (Å²) in [5.74, 6) is 0.963. The van der Waals surface area contributed by atoms with Gasteiger partial charge in [-0.25, -0.2) is 0 Å². The highest BCUT2D eigenvalue weighted by molar-refractivity contribution is 8.14. The SMILES string of the molecule is c1cc(CCNC2=NCC(C3CC3)S2)cs1. The molecule has 1 fully saturated rings. The number of thiophene rings is 1. The number of nitrogens with one attached hydrogen (secondary N) is 1. The van der Waals surface area contributed by atoms with Crippen LogP contribution in [0.3, 0.4) is 0 Å². The van der Waals surface area contributed by atoms with Crippen molar-refractivity contribution >= 4 is 28.3 Å². The molecule has 2 heterocycles. The number of nitrogens with zero attached hydrogens (tertiary/aromatic N) is 1. The highest BCUT2D eigenvalue weighted by Gasteiger charge is 2.35. The molecular weight excluding hydrogens is 236 g/mol.